The van der Waals surface area contributed by atoms with Crippen LogP contribution in [0, 0.1) is 0 Å². The fourth-order valence-corrected chi connectivity index (χ4v) is 2.10. The molecule has 21 heavy (non-hydrogen) atoms. The highest BCUT2D eigenvalue weighted by molar-refractivity contribution is 5.92. The maximum atomic E-state index is 12.3. The third-order valence-corrected chi connectivity index (χ3v) is 3.10. The van der Waals surface area contributed by atoms with Gasteiger partial charge in [-0.3, -0.25) is 0 Å². The monoisotopic (exact) mass is 303 g/mol. The van der Waals surface area contributed by atoms with Crippen LogP contribution in [0.3, 0.4) is 0 Å². The van der Waals surface area contributed by atoms with Gasteiger partial charge in [0.25, 0.3) is 0 Å². The first kappa shape index (κ1) is 15.1. The summed E-state index contributed by atoms with van der Waals surface area (Å²) in [6.07, 6.45) is -2.75. The number of rotatable bonds is 2. The molecule has 1 aromatic rings. The van der Waals surface area contributed by atoms with E-state index in [2.05, 4.69) is 10.3 Å². The zero-order chi connectivity index (χ0) is 15.6. The summed E-state index contributed by atoms with van der Waals surface area (Å²) in [7, 11) is 0. The molecule has 2 N–H and O–H groups in total. The Bertz CT molecular complexity index is 545. The lowest BCUT2D eigenvalue weighted by molar-refractivity contribution is -0.142. The number of alkyl halides is 3. The van der Waals surface area contributed by atoms with Gasteiger partial charge in [0.2, 0.25) is 0 Å². The molecule has 2 rings (SSSR count). The van der Waals surface area contributed by atoms with Crippen LogP contribution in [0.2, 0.25) is 0 Å². The minimum Gasteiger partial charge on any atom is -0.480 e. The van der Waals surface area contributed by atoms with E-state index in [4.69, 9.17) is 5.11 Å². The second kappa shape index (κ2) is 5.58. The molecule has 1 unspecified atom stereocenters. The highest BCUT2D eigenvalue weighted by atomic mass is 19.4. The van der Waals surface area contributed by atoms with Crippen molar-refractivity contribution < 1.29 is 27.9 Å². The highest BCUT2D eigenvalue weighted by Crippen LogP contribution is 2.28. The van der Waals surface area contributed by atoms with E-state index in [9.17, 15) is 22.8 Å². The molecule has 1 aromatic heterocycles. The number of likely N-dealkylation sites (tertiary alicyclic amines) is 1. The molecule has 2 amide bonds. The average Bonchev–Trinajstić information content (AvgIpc) is 2.87. The summed E-state index contributed by atoms with van der Waals surface area (Å²) in [5.74, 6) is -1.10. The Kier molecular flexibility index (Phi) is 4.01. The van der Waals surface area contributed by atoms with Gasteiger partial charge in [-0.2, -0.15) is 13.2 Å². The molecule has 114 valence electrons. The third kappa shape index (κ3) is 3.41. The number of carbonyl (C=O) groups excluding carboxylic acids is 1. The number of carboxylic acid groups (broad SMARTS) is 1. The van der Waals surface area contributed by atoms with E-state index in [1.807, 2.05) is 0 Å². The molecule has 1 aliphatic rings. The van der Waals surface area contributed by atoms with Gasteiger partial charge in [0, 0.05) is 6.54 Å². The van der Waals surface area contributed by atoms with E-state index in [-0.39, 0.29) is 12.2 Å². The summed E-state index contributed by atoms with van der Waals surface area (Å²) in [6, 6.07) is 0.238. The van der Waals surface area contributed by atoms with Crippen LogP contribution in [-0.4, -0.2) is 39.6 Å². The van der Waals surface area contributed by atoms with Crippen molar-refractivity contribution in [1.29, 1.82) is 0 Å². The topological polar surface area (TPSA) is 82.5 Å². The zero-order valence-electron chi connectivity index (χ0n) is 10.7. The van der Waals surface area contributed by atoms with Crippen molar-refractivity contribution in [2.45, 2.75) is 25.1 Å². The zero-order valence-corrected chi connectivity index (χ0v) is 10.7. The number of aromatic nitrogens is 1. The van der Waals surface area contributed by atoms with Gasteiger partial charge in [0.05, 0.1) is 11.9 Å². The normalized spacial score (nSPS) is 18.6. The number of carbonyl (C=O) groups is 2. The lowest BCUT2D eigenvalue weighted by Gasteiger charge is -2.21. The molecule has 1 fully saturated rings. The van der Waals surface area contributed by atoms with Crippen LogP contribution in [0.4, 0.5) is 23.7 Å². The first-order valence-electron chi connectivity index (χ1n) is 6.12. The first-order valence-corrected chi connectivity index (χ1v) is 6.12. The number of nitrogens with zero attached hydrogens (tertiary/aromatic N) is 2. The summed E-state index contributed by atoms with van der Waals surface area (Å²) < 4.78 is 37.0. The van der Waals surface area contributed by atoms with Gasteiger partial charge in [-0.15, -0.1) is 0 Å². The Morgan fingerprint density at radius 2 is 2.10 bits per heavy atom. The number of urea groups is 1. The highest BCUT2D eigenvalue weighted by Gasteiger charge is 2.34. The predicted molar refractivity (Wildman–Crippen MR) is 65.6 cm³/mol. The minimum atomic E-state index is -4.55. The molecule has 0 radical (unpaired) electrons. The quantitative estimate of drug-likeness (QED) is 0.877. The second-order valence-corrected chi connectivity index (χ2v) is 4.55. The average molecular weight is 303 g/mol. The van der Waals surface area contributed by atoms with Crippen molar-refractivity contribution in [3.05, 3.63) is 24.0 Å². The number of aliphatic carboxylic acids is 1. The molecule has 0 aromatic carbocycles. The van der Waals surface area contributed by atoms with Crippen molar-refractivity contribution in [2.75, 3.05) is 11.9 Å². The Hall–Kier alpha value is -2.32. The number of hydrogen-bond donors (Lipinski definition) is 2. The van der Waals surface area contributed by atoms with Crippen LogP contribution in [0.5, 0.6) is 0 Å². The molecule has 1 saturated heterocycles. The van der Waals surface area contributed by atoms with Crippen LogP contribution in [-0.2, 0) is 11.0 Å². The molecule has 6 nitrogen and oxygen atoms in total. The maximum Gasteiger partial charge on any atom is 0.433 e. The van der Waals surface area contributed by atoms with Gasteiger partial charge in [-0.25, -0.2) is 14.6 Å². The van der Waals surface area contributed by atoms with Gasteiger partial charge in [0.15, 0.2) is 0 Å². The van der Waals surface area contributed by atoms with E-state index in [1.54, 1.807) is 0 Å². The van der Waals surface area contributed by atoms with Crippen molar-refractivity contribution in [3.8, 4) is 0 Å². The number of carboxylic acids is 1. The molecule has 1 aliphatic heterocycles. The van der Waals surface area contributed by atoms with E-state index >= 15 is 0 Å². The predicted octanol–water partition coefficient (Wildman–Crippen LogP) is 2.18. The fourth-order valence-electron chi connectivity index (χ4n) is 2.10. The van der Waals surface area contributed by atoms with Crippen LogP contribution >= 0.6 is 0 Å². The molecule has 0 spiro atoms. The number of amides is 2. The molecule has 2 heterocycles. The van der Waals surface area contributed by atoms with E-state index in [0.717, 1.165) is 23.2 Å². The molecule has 0 bridgehead atoms. The second-order valence-electron chi connectivity index (χ2n) is 4.55. The molecular formula is C12H12F3N3O3. The van der Waals surface area contributed by atoms with Crippen molar-refractivity contribution in [2.24, 2.45) is 0 Å². The van der Waals surface area contributed by atoms with Crippen LogP contribution in [0.15, 0.2) is 18.3 Å². The van der Waals surface area contributed by atoms with E-state index in [0.29, 0.717) is 12.8 Å². The summed E-state index contributed by atoms with van der Waals surface area (Å²) in [4.78, 5) is 27.2. The lowest BCUT2D eigenvalue weighted by atomic mass is 10.2. The Morgan fingerprint density at radius 1 is 1.38 bits per heavy atom. The van der Waals surface area contributed by atoms with Crippen molar-refractivity contribution in [1.82, 2.24) is 9.88 Å². The smallest absolute Gasteiger partial charge is 0.433 e. The largest absolute Gasteiger partial charge is 0.480 e. The third-order valence-electron chi connectivity index (χ3n) is 3.10. The standard InChI is InChI=1S/C12H12F3N3O3/c13-12(14,15)9-4-3-7(6-16-9)17-11(21)18-5-1-2-8(18)10(19)20/h3-4,6,8H,1-2,5H2,(H,17,21)(H,19,20). The SMILES string of the molecule is O=C(O)C1CCCN1C(=O)Nc1ccc(C(F)(F)F)nc1. The Labute approximate surface area is 117 Å². The van der Waals surface area contributed by atoms with Gasteiger partial charge in [0.1, 0.15) is 11.7 Å². The van der Waals surface area contributed by atoms with E-state index in [1.165, 1.54) is 0 Å². The van der Waals surface area contributed by atoms with Crippen LogP contribution in [0.1, 0.15) is 18.5 Å². The van der Waals surface area contributed by atoms with Crippen LogP contribution in [0.25, 0.3) is 0 Å². The summed E-state index contributed by atoms with van der Waals surface area (Å²) in [6.45, 7) is 0.289. The van der Waals surface area contributed by atoms with Gasteiger partial charge >= 0.3 is 18.2 Å². The number of pyridine rings is 1. The Balaban J connectivity index is 2.04. The first-order chi connectivity index (χ1) is 9.79. The van der Waals surface area contributed by atoms with Gasteiger partial charge < -0.3 is 15.3 Å². The van der Waals surface area contributed by atoms with E-state index < -0.39 is 29.9 Å². The molecule has 1 atom stereocenters. The number of nitrogens with one attached hydrogen (secondary N) is 1. The molecular weight excluding hydrogens is 291 g/mol. The summed E-state index contributed by atoms with van der Waals surface area (Å²) >= 11 is 0. The van der Waals surface area contributed by atoms with Gasteiger partial charge in [-0.1, -0.05) is 0 Å². The number of anilines is 1. The van der Waals surface area contributed by atoms with Crippen LogP contribution < -0.4 is 5.32 Å². The number of hydrogen-bond acceptors (Lipinski definition) is 3. The summed E-state index contributed by atoms with van der Waals surface area (Å²) in [5.41, 5.74) is -0.992. The Morgan fingerprint density at radius 3 is 2.62 bits per heavy atom. The fraction of sp³-hybridized carbons (Fsp3) is 0.417. The van der Waals surface area contributed by atoms with Crippen molar-refractivity contribution >= 4 is 17.7 Å². The molecule has 0 aliphatic carbocycles. The van der Waals surface area contributed by atoms with Crippen molar-refractivity contribution in [3.63, 3.8) is 0 Å². The maximum absolute atomic E-state index is 12.3. The molecule has 0 saturated carbocycles. The van der Waals surface area contributed by atoms with Gasteiger partial charge in [-0.05, 0) is 25.0 Å². The lowest BCUT2D eigenvalue weighted by Crippen LogP contribution is -2.42. The summed E-state index contributed by atoms with van der Waals surface area (Å²) in [5, 5.41) is 11.3. The number of halogens is 3. The molecule has 9 heteroatoms. The minimum absolute atomic E-state index is 0.0732.